The quantitative estimate of drug-likeness (QED) is 0.744. The summed E-state index contributed by atoms with van der Waals surface area (Å²) in [6.07, 6.45) is -5.81. The number of nitrogens with zero attached hydrogens (tertiary/aromatic N) is 4. The molecule has 2 aromatic rings. The highest BCUT2D eigenvalue weighted by atomic mass is 32.1. The standard InChI is InChI=1S/C14H11F3N4O4S/c15-14(16,17)25-8-3-1-7(2-4-8)20-13(26)21(19-18-20)9-5-10(22)12-23-6-11(9)24-12/h1-4,9,11-12H,5-6H2/t9-,11+,12+/m0/s1. The average Bonchev–Trinajstić information content (AvgIpc) is 3.16. The molecule has 0 spiro atoms. The van der Waals surface area contributed by atoms with Crippen molar-refractivity contribution in [3.63, 3.8) is 0 Å². The van der Waals surface area contributed by atoms with E-state index >= 15 is 0 Å². The van der Waals surface area contributed by atoms with Gasteiger partial charge in [0, 0.05) is 6.42 Å². The fourth-order valence-electron chi connectivity index (χ4n) is 2.88. The van der Waals surface area contributed by atoms with Gasteiger partial charge in [-0.1, -0.05) is 0 Å². The Kier molecular flexibility index (Phi) is 4.04. The zero-order valence-corrected chi connectivity index (χ0v) is 13.7. The first-order valence-corrected chi connectivity index (χ1v) is 7.93. The van der Waals surface area contributed by atoms with Crippen molar-refractivity contribution in [2.75, 3.05) is 6.61 Å². The van der Waals surface area contributed by atoms with E-state index in [-0.39, 0.29) is 35.4 Å². The molecular formula is C14H11F3N4O4S. The van der Waals surface area contributed by atoms with Crippen LogP contribution in [-0.4, -0.2) is 50.9 Å². The van der Waals surface area contributed by atoms with Gasteiger partial charge in [0.1, 0.15) is 11.9 Å². The molecule has 3 atom stereocenters. The molecule has 1 aromatic carbocycles. The molecule has 0 unspecified atom stereocenters. The monoisotopic (exact) mass is 388 g/mol. The first kappa shape index (κ1) is 17.1. The van der Waals surface area contributed by atoms with Crippen molar-refractivity contribution in [2.45, 2.75) is 31.2 Å². The van der Waals surface area contributed by atoms with Crippen LogP contribution in [0.3, 0.4) is 0 Å². The number of fused-ring (bicyclic) bond motifs is 2. The number of alkyl halides is 3. The summed E-state index contributed by atoms with van der Waals surface area (Å²) in [6, 6.07) is 4.58. The van der Waals surface area contributed by atoms with Crippen molar-refractivity contribution in [3.8, 4) is 11.4 Å². The van der Waals surface area contributed by atoms with E-state index in [4.69, 9.17) is 21.7 Å². The molecule has 138 valence electrons. The Balaban J connectivity index is 1.60. The number of rotatable bonds is 3. The highest BCUT2D eigenvalue weighted by molar-refractivity contribution is 7.71. The number of hydrogen-bond donors (Lipinski definition) is 0. The Bertz CT molecular complexity index is 895. The zero-order chi connectivity index (χ0) is 18.5. The highest BCUT2D eigenvalue weighted by Crippen LogP contribution is 2.32. The molecule has 2 bridgehead atoms. The van der Waals surface area contributed by atoms with Gasteiger partial charge in [0.05, 0.1) is 18.3 Å². The largest absolute Gasteiger partial charge is 0.573 e. The fraction of sp³-hybridized carbons (Fsp3) is 0.429. The minimum atomic E-state index is -4.77. The minimum Gasteiger partial charge on any atom is -0.406 e. The van der Waals surface area contributed by atoms with Crippen LogP contribution in [0.5, 0.6) is 5.75 Å². The summed E-state index contributed by atoms with van der Waals surface area (Å²) >= 11 is 5.34. The Morgan fingerprint density at radius 2 is 1.96 bits per heavy atom. The summed E-state index contributed by atoms with van der Waals surface area (Å²) < 4.78 is 54.1. The summed E-state index contributed by atoms with van der Waals surface area (Å²) in [4.78, 5) is 11.9. The van der Waals surface area contributed by atoms with Gasteiger partial charge in [0.2, 0.25) is 11.1 Å². The molecule has 2 aliphatic rings. The molecule has 0 saturated carbocycles. The van der Waals surface area contributed by atoms with Gasteiger partial charge in [-0.05, 0) is 46.9 Å². The number of carbonyl (C=O) groups is 1. The Morgan fingerprint density at radius 1 is 1.23 bits per heavy atom. The Labute approximate surface area is 149 Å². The first-order valence-electron chi connectivity index (χ1n) is 7.52. The number of halogens is 3. The van der Waals surface area contributed by atoms with Crippen LogP contribution >= 0.6 is 12.2 Å². The van der Waals surface area contributed by atoms with E-state index in [0.29, 0.717) is 5.69 Å². The topological polar surface area (TPSA) is 80.4 Å². The molecule has 0 radical (unpaired) electrons. The van der Waals surface area contributed by atoms with E-state index in [0.717, 1.165) is 12.1 Å². The number of benzene rings is 1. The molecule has 3 heterocycles. The molecule has 1 aromatic heterocycles. The van der Waals surface area contributed by atoms with E-state index in [1.54, 1.807) is 0 Å². The lowest BCUT2D eigenvalue weighted by Crippen LogP contribution is -2.37. The van der Waals surface area contributed by atoms with Crippen LogP contribution in [0, 0.1) is 4.77 Å². The maximum Gasteiger partial charge on any atom is 0.573 e. The van der Waals surface area contributed by atoms with Crippen molar-refractivity contribution in [2.24, 2.45) is 0 Å². The van der Waals surface area contributed by atoms with Gasteiger partial charge in [0.15, 0.2) is 5.78 Å². The molecule has 8 nitrogen and oxygen atoms in total. The number of tetrazole rings is 1. The number of aromatic nitrogens is 4. The highest BCUT2D eigenvalue weighted by Gasteiger charge is 2.45. The van der Waals surface area contributed by atoms with Crippen LogP contribution < -0.4 is 4.74 Å². The molecule has 0 N–H and O–H groups in total. The summed E-state index contributed by atoms with van der Waals surface area (Å²) in [6.45, 7) is 0.249. The summed E-state index contributed by atoms with van der Waals surface area (Å²) in [5.74, 6) is -0.561. The maximum absolute atomic E-state index is 12.2. The van der Waals surface area contributed by atoms with Crippen molar-refractivity contribution in [1.82, 2.24) is 19.8 Å². The molecule has 2 saturated heterocycles. The number of ether oxygens (including phenoxy) is 3. The van der Waals surface area contributed by atoms with Crippen LogP contribution in [0.2, 0.25) is 0 Å². The minimum absolute atomic E-state index is 0.153. The van der Waals surface area contributed by atoms with E-state index in [9.17, 15) is 18.0 Å². The normalized spacial score (nSPS) is 25.5. The lowest BCUT2D eigenvalue weighted by Gasteiger charge is -2.25. The van der Waals surface area contributed by atoms with Gasteiger partial charge in [-0.15, -0.1) is 13.2 Å². The molecule has 12 heteroatoms. The van der Waals surface area contributed by atoms with E-state index in [1.165, 1.54) is 21.5 Å². The first-order chi connectivity index (χ1) is 12.3. The summed E-state index contributed by atoms with van der Waals surface area (Å²) in [5, 5.41) is 7.90. The third kappa shape index (κ3) is 3.10. The van der Waals surface area contributed by atoms with Crippen LogP contribution in [0.1, 0.15) is 12.5 Å². The van der Waals surface area contributed by atoms with Crippen molar-refractivity contribution < 1.29 is 32.2 Å². The Morgan fingerprint density at radius 3 is 2.65 bits per heavy atom. The van der Waals surface area contributed by atoms with Gasteiger partial charge in [-0.25, -0.2) is 4.68 Å². The smallest absolute Gasteiger partial charge is 0.406 e. The van der Waals surface area contributed by atoms with Gasteiger partial charge < -0.3 is 14.2 Å². The van der Waals surface area contributed by atoms with E-state index < -0.39 is 18.7 Å². The van der Waals surface area contributed by atoms with Gasteiger partial charge in [-0.2, -0.15) is 4.68 Å². The molecule has 26 heavy (non-hydrogen) atoms. The second-order valence-corrected chi connectivity index (χ2v) is 6.10. The van der Waals surface area contributed by atoms with Crippen LogP contribution in [0.4, 0.5) is 13.2 Å². The van der Waals surface area contributed by atoms with Gasteiger partial charge >= 0.3 is 6.36 Å². The molecule has 2 aliphatic heterocycles. The van der Waals surface area contributed by atoms with Gasteiger partial charge in [0.25, 0.3) is 0 Å². The summed E-state index contributed by atoms with van der Waals surface area (Å²) in [5.41, 5.74) is 0.402. The average molecular weight is 388 g/mol. The van der Waals surface area contributed by atoms with E-state index in [2.05, 4.69) is 15.2 Å². The predicted octanol–water partition coefficient (Wildman–Crippen LogP) is 1.95. The predicted molar refractivity (Wildman–Crippen MR) is 80.1 cm³/mol. The molecular weight excluding hydrogens is 377 g/mol. The lowest BCUT2D eigenvalue weighted by atomic mass is 10.0. The molecule has 0 aliphatic carbocycles. The van der Waals surface area contributed by atoms with E-state index in [1.807, 2.05) is 0 Å². The third-order valence-corrected chi connectivity index (χ3v) is 4.40. The lowest BCUT2D eigenvalue weighted by molar-refractivity contribution is -0.274. The second kappa shape index (κ2) is 6.14. The van der Waals surface area contributed by atoms with Crippen molar-refractivity contribution in [1.29, 1.82) is 0 Å². The number of carbonyl (C=O) groups excluding carboxylic acids is 1. The Hall–Kier alpha value is -2.31. The number of Topliss-reactive ketones (excluding diaryl/α,β-unsaturated/α-hetero) is 1. The number of hydrogen-bond acceptors (Lipinski definition) is 7. The fourth-order valence-corrected chi connectivity index (χ4v) is 3.20. The van der Waals surface area contributed by atoms with Crippen LogP contribution in [-0.2, 0) is 14.3 Å². The molecule has 0 amide bonds. The second-order valence-electron chi connectivity index (χ2n) is 5.74. The SMILES string of the molecule is O=C1C[C@H](n2nnn(-c3ccc(OC(F)(F)F)cc3)c2=S)[C@H]2CO[C@@H]1O2. The number of ketones is 1. The maximum atomic E-state index is 12.2. The van der Waals surface area contributed by atoms with Crippen molar-refractivity contribution >= 4 is 18.0 Å². The van der Waals surface area contributed by atoms with Crippen LogP contribution in [0.15, 0.2) is 24.3 Å². The molecule has 2 fully saturated rings. The zero-order valence-electron chi connectivity index (χ0n) is 12.9. The van der Waals surface area contributed by atoms with Gasteiger partial charge in [-0.3, -0.25) is 4.79 Å². The van der Waals surface area contributed by atoms with Crippen molar-refractivity contribution in [3.05, 3.63) is 29.0 Å². The van der Waals surface area contributed by atoms with Crippen LogP contribution in [0.25, 0.3) is 5.69 Å². The summed E-state index contributed by atoms with van der Waals surface area (Å²) in [7, 11) is 0. The third-order valence-electron chi connectivity index (χ3n) is 4.04. The molecule has 4 rings (SSSR count).